The van der Waals surface area contributed by atoms with Gasteiger partial charge in [-0.05, 0) is 74.6 Å². The second-order valence-electron chi connectivity index (χ2n) is 14.1. The van der Waals surface area contributed by atoms with Crippen molar-refractivity contribution in [3.05, 3.63) is 12.2 Å². The molecular weight excluding hydrogens is 496 g/mol. The summed E-state index contributed by atoms with van der Waals surface area (Å²) in [5.74, 6) is 0.846. The van der Waals surface area contributed by atoms with Gasteiger partial charge in [-0.1, -0.05) is 47.6 Å². The summed E-state index contributed by atoms with van der Waals surface area (Å²) in [5.41, 5.74) is 0. The molecule has 8 atom stereocenters. The second kappa shape index (κ2) is 13.8. The summed E-state index contributed by atoms with van der Waals surface area (Å²) in [7, 11) is -0.159. The minimum atomic E-state index is -1.96. The van der Waals surface area contributed by atoms with Crippen LogP contribution in [-0.4, -0.2) is 64.1 Å². The smallest absolute Gasteiger partial charge is 0.309 e. The van der Waals surface area contributed by atoms with E-state index < -0.39 is 8.32 Å². The van der Waals surface area contributed by atoms with Crippen molar-refractivity contribution in [2.24, 2.45) is 11.8 Å². The Labute approximate surface area is 233 Å². The molecule has 3 saturated heterocycles. The molecule has 3 fully saturated rings. The van der Waals surface area contributed by atoms with E-state index in [2.05, 4.69) is 66.8 Å². The number of methoxy groups -OCH3 is 1. The van der Waals surface area contributed by atoms with E-state index >= 15 is 0 Å². The molecule has 0 spiro atoms. The molecule has 4 bridgehead atoms. The maximum absolute atomic E-state index is 13.2. The number of cyclic esters (lactones) is 1. The Morgan fingerprint density at radius 2 is 1.66 bits per heavy atom. The lowest BCUT2D eigenvalue weighted by molar-refractivity contribution is -0.164. The molecule has 3 rings (SSSR count). The first-order valence-electron chi connectivity index (χ1n) is 15.1. The number of fused-ring (bicyclic) bond motifs is 4. The highest BCUT2D eigenvalue weighted by molar-refractivity contribution is 6.74. The lowest BCUT2D eigenvalue weighted by Gasteiger charge is -2.44. The first-order valence-corrected chi connectivity index (χ1v) is 18.0. The largest absolute Gasteiger partial charge is 0.458 e. The van der Waals surface area contributed by atoms with Gasteiger partial charge in [-0.25, -0.2) is 0 Å². The number of hydrogen-bond donors (Lipinski definition) is 0. The van der Waals surface area contributed by atoms with Gasteiger partial charge < -0.3 is 23.4 Å². The number of allylic oxidation sites excluding steroid dienone is 1. The second-order valence-corrected chi connectivity index (χ2v) is 18.8. The Morgan fingerprint density at radius 1 is 0.974 bits per heavy atom. The first-order chi connectivity index (χ1) is 17.8. The summed E-state index contributed by atoms with van der Waals surface area (Å²) < 4.78 is 32.1. The molecule has 0 radical (unpaired) electrons. The Balaban J connectivity index is 1.83. The van der Waals surface area contributed by atoms with Crippen LogP contribution in [0.3, 0.4) is 0 Å². The third kappa shape index (κ3) is 9.43. The van der Waals surface area contributed by atoms with Gasteiger partial charge >= 0.3 is 5.97 Å². The summed E-state index contributed by atoms with van der Waals surface area (Å²) in [5, 5.41) is 0.127. The van der Waals surface area contributed by atoms with Crippen LogP contribution in [0.4, 0.5) is 0 Å². The van der Waals surface area contributed by atoms with E-state index in [0.717, 1.165) is 44.9 Å². The molecule has 0 unspecified atom stereocenters. The predicted octanol–water partition coefficient (Wildman–Crippen LogP) is 7.21. The fraction of sp³-hybridized carbons (Fsp3) is 0.903. The number of carbonyl (C=O) groups is 1. The van der Waals surface area contributed by atoms with E-state index in [0.29, 0.717) is 18.3 Å². The van der Waals surface area contributed by atoms with Gasteiger partial charge in [-0.2, -0.15) is 0 Å². The van der Waals surface area contributed by atoms with Gasteiger partial charge in [0.05, 0.1) is 36.9 Å². The van der Waals surface area contributed by atoms with Crippen molar-refractivity contribution in [3.63, 3.8) is 0 Å². The average molecular weight is 553 g/mol. The lowest BCUT2D eigenvalue weighted by atomic mass is 9.87. The average Bonchev–Trinajstić information content (AvgIpc) is 2.78. The fourth-order valence-corrected chi connectivity index (χ4v) is 7.13. The topological polar surface area (TPSA) is 63.2 Å². The van der Waals surface area contributed by atoms with Crippen molar-refractivity contribution >= 4 is 14.3 Å². The van der Waals surface area contributed by atoms with Crippen LogP contribution >= 0.6 is 0 Å². The van der Waals surface area contributed by atoms with Crippen molar-refractivity contribution < 1.29 is 28.2 Å². The maximum Gasteiger partial charge on any atom is 0.309 e. The summed E-state index contributed by atoms with van der Waals surface area (Å²) >= 11 is 0. The van der Waals surface area contributed by atoms with Crippen LogP contribution in [0.2, 0.25) is 18.1 Å². The number of carbonyl (C=O) groups excluding carboxylic acids is 1. The van der Waals surface area contributed by atoms with Crippen LogP contribution in [0.15, 0.2) is 12.2 Å². The highest BCUT2D eigenvalue weighted by Gasteiger charge is 2.43. The fourth-order valence-electron chi connectivity index (χ4n) is 5.76. The third-order valence-electron chi connectivity index (χ3n) is 9.13. The minimum Gasteiger partial charge on any atom is -0.458 e. The van der Waals surface area contributed by atoms with Gasteiger partial charge in [0.15, 0.2) is 8.32 Å². The van der Waals surface area contributed by atoms with Gasteiger partial charge in [0.1, 0.15) is 6.10 Å². The molecule has 38 heavy (non-hydrogen) atoms. The Morgan fingerprint density at radius 3 is 2.32 bits per heavy atom. The van der Waals surface area contributed by atoms with Crippen molar-refractivity contribution in [2.75, 3.05) is 7.11 Å². The molecule has 3 aliphatic rings. The zero-order valence-corrected chi connectivity index (χ0v) is 26.7. The molecule has 7 heteroatoms. The van der Waals surface area contributed by atoms with Crippen LogP contribution in [0.25, 0.3) is 0 Å². The van der Waals surface area contributed by atoms with E-state index in [1.54, 1.807) is 7.11 Å². The van der Waals surface area contributed by atoms with Crippen molar-refractivity contribution in [1.82, 2.24) is 0 Å². The molecule has 0 aromatic carbocycles. The highest BCUT2D eigenvalue weighted by Crippen LogP contribution is 2.40. The zero-order valence-electron chi connectivity index (χ0n) is 25.7. The number of rotatable bonds is 6. The minimum absolute atomic E-state index is 0.0133. The standard InChI is InChI=1S/C31H56O6Si/c1-21(2)11-10-12-23-15-24-14-13-22(3)29(35-24)19-25(33-7)16-26-17-28(37-38(8,9)31(4,5)6)18-27(34-26)20-30(32)36-23/h10,12,21-29H,11,13-20H2,1-9H3/b12-10+/t22-,23-,24-,25-,26+,27+,28+,29+/m0/s1. The molecule has 6 nitrogen and oxygen atoms in total. The summed E-state index contributed by atoms with van der Waals surface area (Å²) in [6.07, 6.45) is 11.4. The van der Waals surface area contributed by atoms with E-state index in [1.807, 2.05) is 0 Å². The zero-order chi connectivity index (χ0) is 28.1. The normalized spacial score (nSPS) is 36.2. The van der Waals surface area contributed by atoms with Crippen molar-refractivity contribution in [2.45, 2.75) is 160 Å². The lowest BCUT2D eigenvalue weighted by Crippen LogP contribution is -2.49. The first kappa shape index (κ1) is 31.8. The molecule has 0 aliphatic carbocycles. The van der Waals surface area contributed by atoms with Crippen LogP contribution < -0.4 is 0 Å². The third-order valence-corrected chi connectivity index (χ3v) is 13.7. The van der Waals surface area contributed by atoms with Gasteiger partial charge in [-0.3, -0.25) is 4.79 Å². The summed E-state index contributed by atoms with van der Waals surface area (Å²) in [6.45, 7) is 18.1. The van der Waals surface area contributed by atoms with Gasteiger partial charge in [0, 0.05) is 26.1 Å². The van der Waals surface area contributed by atoms with Gasteiger partial charge in [0.2, 0.25) is 0 Å². The molecule has 0 saturated carbocycles. The molecule has 0 amide bonds. The number of hydrogen-bond acceptors (Lipinski definition) is 6. The van der Waals surface area contributed by atoms with Crippen molar-refractivity contribution in [1.29, 1.82) is 0 Å². The molecule has 3 heterocycles. The quantitative estimate of drug-likeness (QED) is 0.197. The SMILES string of the molecule is CO[C@H]1C[C@@H]2C[C@@H](O[Si](C)(C)C(C)(C)C)C[C@H](CC(=O)O[C@@H](/C=C/CC(C)C)C[C@@H]3CC[C@H](C)[C@@H](C1)O3)O2. The van der Waals surface area contributed by atoms with Gasteiger partial charge in [-0.15, -0.1) is 0 Å². The Bertz CT molecular complexity index is 775. The molecule has 3 aliphatic heterocycles. The van der Waals surface area contributed by atoms with Crippen LogP contribution in [0.5, 0.6) is 0 Å². The van der Waals surface area contributed by atoms with Crippen LogP contribution in [0.1, 0.15) is 99.3 Å². The van der Waals surface area contributed by atoms with E-state index in [9.17, 15) is 4.79 Å². The number of ether oxygens (including phenoxy) is 4. The van der Waals surface area contributed by atoms with E-state index in [4.69, 9.17) is 23.4 Å². The molecule has 0 N–H and O–H groups in total. The Hall–Kier alpha value is -0.733. The van der Waals surface area contributed by atoms with Crippen molar-refractivity contribution in [3.8, 4) is 0 Å². The molecule has 0 aromatic rings. The van der Waals surface area contributed by atoms with Crippen LogP contribution in [-0.2, 0) is 28.2 Å². The predicted molar refractivity (Wildman–Crippen MR) is 155 cm³/mol. The van der Waals surface area contributed by atoms with E-state index in [-0.39, 0.29) is 60.2 Å². The molecule has 220 valence electrons. The van der Waals surface area contributed by atoms with E-state index in [1.165, 1.54) is 0 Å². The van der Waals surface area contributed by atoms with Crippen LogP contribution in [0, 0.1) is 11.8 Å². The maximum atomic E-state index is 13.2. The Kier molecular flexibility index (Phi) is 11.5. The summed E-state index contributed by atoms with van der Waals surface area (Å²) in [4.78, 5) is 13.2. The molecule has 0 aromatic heterocycles. The number of esters is 1. The highest BCUT2D eigenvalue weighted by atomic mass is 28.4. The molecular formula is C31H56O6Si. The van der Waals surface area contributed by atoms with Gasteiger partial charge in [0.25, 0.3) is 0 Å². The summed E-state index contributed by atoms with van der Waals surface area (Å²) in [6, 6.07) is 0. The monoisotopic (exact) mass is 552 g/mol.